The molecule has 140 valence electrons. The third-order valence-electron chi connectivity index (χ3n) is 4.42. The summed E-state index contributed by atoms with van der Waals surface area (Å²) in [5, 5.41) is 3.42. The van der Waals surface area contributed by atoms with Crippen molar-refractivity contribution in [3.05, 3.63) is 30.3 Å². The molecule has 2 rings (SSSR count). The number of aliphatic imine (C=N–C) groups is 1. The molecular formula is C20H33N3O2. The maximum Gasteiger partial charge on any atom is 0.194 e. The lowest BCUT2D eigenvalue weighted by Crippen LogP contribution is -2.41. The van der Waals surface area contributed by atoms with Gasteiger partial charge in [0.15, 0.2) is 5.96 Å². The van der Waals surface area contributed by atoms with Crippen LogP contribution in [0.4, 0.5) is 0 Å². The van der Waals surface area contributed by atoms with Gasteiger partial charge in [0.05, 0.1) is 13.2 Å². The van der Waals surface area contributed by atoms with Crippen LogP contribution in [0.15, 0.2) is 35.3 Å². The Balaban J connectivity index is 1.91. The highest BCUT2D eigenvalue weighted by Crippen LogP contribution is 2.17. The van der Waals surface area contributed by atoms with Crippen molar-refractivity contribution in [2.45, 2.75) is 39.7 Å². The summed E-state index contributed by atoms with van der Waals surface area (Å²) < 4.78 is 11.6. The molecule has 1 aromatic carbocycles. The van der Waals surface area contributed by atoms with Crippen LogP contribution in [0.2, 0.25) is 0 Å². The second-order valence-electron chi connectivity index (χ2n) is 6.42. The molecule has 1 aliphatic rings. The SMILES string of the molecule is CCNC(=NCC(CC)Oc1ccccc1)N1CCC(COCC)C1. The molecule has 0 aliphatic carbocycles. The molecule has 1 aliphatic heterocycles. The average Bonchev–Trinajstić information content (AvgIpc) is 3.11. The quantitative estimate of drug-likeness (QED) is 0.550. The molecule has 1 aromatic rings. The zero-order valence-corrected chi connectivity index (χ0v) is 15.9. The second kappa shape index (κ2) is 11.0. The summed E-state index contributed by atoms with van der Waals surface area (Å²) in [6, 6.07) is 9.99. The first kappa shape index (κ1) is 19.6. The summed E-state index contributed by atoms with van der Waals surface area (Å²) in [6.45, 7) is 11.5. The molecule has 5 heteroatoms. The van der Waals surface area contributed by atoms with Gasteiger partial charge in [-0.15, -0.1) is 0 Å². The van der Waals surface area contributed by atoms with Crippen LogP contribution in [0.1, 0.15) is 33.6 Å². The van der Waals surface area contributed by atoms with Crippen LogP contribution in [0, 0.1) is 5.92 Å². The number of ether oxygens (including phenoxy) is 2. The molecule has 25 heavy (non-hydrogen) atoms. The first-order valence-electron chi connectivity index (χ1n) is 9.59. The van der Waals surface area contributed by atoms with Gasteiger partial charge >= 0.3 is 0 Å². The van der Waals surface area contributed by atoms with Gasteiger partial charge in [0.2, 0.25) is 0 Å². The third kappa shape index (κ3) is 6.58. The van der Waals surface area contributed by atoms with Gasteiger partial charge < -0.3 is 19.7 Å². The summed E-state index contributed by atoms with van der Waals surface area (Å²) in [6.07, 6.45) is 2.20. The lowest BCUT2D eigenvalue weighted by atomic mass is 10.1. The van der Waals surface area contributed by atoms with Crippen LogP contribution in [0.5, 0.6) is 5.75 Å². The first-order valence-corrected chi connectivity index (χ1v) is 9.59. The van der Waals surface area contributed by atoms with Crippen molar-refractivity contribution in [1.82, 2.24) is 10.2 Å². The fourth-order valence-electron chi connectivity index (χ4n) is 3.00. The van der Waals surface area contributed by atoms with E-state index in [0.29, 0.717) is 12.5 Å². The van der Waals surface area contributed by atoms with Gasteiger partial charge in [-0.2, -0.15) is 0 Å². The van der Waals surface area contributed by atoms with Gasteiger partial charge in [-0.05, 0) is 38.8 Å². The standard InChI is InChI=1S/C20H33N3O2/c1-4-18(25-19-10-8-7-9-11-19)14-22-20(21-5-2)23-13-12-17(15-23)16-24-6-3/h7-11,17-18H,4-6,12-16H2,1-3H3,(H,21,22). The summed E-state index contributed by atoms with van der Waals surface area (Å²) in [7, 11) is 0. The highest BCUT2D eigenvalue weighted by atomic mass is 16.5. The predicted molar refractivity (Wildman–Crippen MR) is 103 cm³/mol. The van der Waals surface area contributed by atoms with Gasteiger partial charge in [0, 0.05) is 32.2 Å². The third-order valence-corrected chi connectivity index (χ3v) is 4.42. The molecule has 0 radical (unpaired) electrons. The van der Waals surface area contributed by atoms with Gasteiger partial charge in [0.25, 0.3) is 0 Å². The minimum absolute atomic E-state index is 0.0953. The fraction of sp³-hybridized carbons (Fsp3) is 0.650. The van der Waals surface area contributed by atoms with Crippen molar-refractivity contribution in [3.63, 3.8) is 0 Å². The number of benzene rings is 1. The van der Waals surface area contributed by atoms with E-state index in [-0.39, 0.29) is 6.10 Å². The largest absolute Gasteiger partial charge is 0.489 e. The lowest BCUT2D eigenvalue weighted by molar-refractivity contribution is 0.114. The Morgan fingerprint density at radius 2 is 2.08 bits per heavy atom. The zero-order chi connectivity index (χ0) is 17.9. The Morgan fingerprint density at radius 3 is 2.76 bits per heavy atom. The lowest BCUT2D eigenvalue weighted by Gasteiger charge is -2.23. The van der Waals surface area contributed by atoms with Gasteiger partial charge in [-0.3, -0.25) is 0 Å². The average molecular weight is 348 g/mol. The number of para-hydroxylation sites is 1. The summed E-state index contributed by atoms with van der Waals surface area (Å²) in [4.78, 5) is 7.19. The van der Waals surface area contributed by atoms with Crippen molar-refractivity contribution in [1.29, 1.82) is 0 Å². The van der Waals surface area contributed by atoms with E-state index in [4.69, 9.17) is 14.5 Å². The van der Waals surface area contributed by atoms with Crippen LogP contribution in [-0.2, 0) is 4.74 Å². The van der Waals surface area contributed by atoms with E-state index < -0.39 is 0 Å². The minimum atomic E-state index is 0.0953. The Labute approximate surface area is 152 Å². The molecule has 0 bridgehead atoms. The molecule has 2 atom stereocenters. The number of hydrogen-bond donors (Lipinski definition) is 1. The molecule has 0 spiro atoms. The first-order chi connectivity index (χ1) is 12.3. The number of rotatable bonds is 9. The zero-order valence-electron chi connectivity index (χ0n) is 15.9. The van der Waals surface area contributed by atoms with Crippen molar-refractivity contribution >= 4 is 5.96 Å². The molecule has 1 heterocycles. The van der Waals surface area contributed by atoms with E-state index in [0.717, 1.165) is 51.0 Å². The second-order valence-corrected chi connectivity index (χ2v) is 6.42. The predicted octanol–water partition coefficient (Wildman–Crippen LogP) is 3.17. The molecule has 0 amide bonds. The number of guanidine groups is 1. The van der Waals surface area contributed by atoms with Crippen molar-refractivity contribution in [3.8, 4) is 5.75 Å². The maximum atomic E-state index is 6.06. The van der Waals surface area contributed by atoms with Gasteiger partial charge in [-0.25, -0.2) is 4.99 Å². The molecule has 0 saturated carbocycles. The van der Waals surface area contributed by atoms with Crippen molar-refractivity contribution < 1.29 is 9.47 Å². The molecular weight excluding hydrogens is 314 g/mol. The van der Waals surface area contributed by atoms with Crippen LogP contribution in [0.25, 0.3) is 0 Å². The van der Waals surface area contributed by atoms with Crippen LogP contribution in [-0.4, -0.2) is 56.4 Å². The Bertz CT molecular complexity index is 507. The number of hydrogen-bond acceptors (Lipinski definition) is 3. The van der Waals surface area contributed by atoms with Gasteiger partial charge in [-0.1, -0.05) is 25.1 Å². The minimum Gasteiger partial charge on any atom is -0.489 e. The molecule has 0 aromatic heterocycles. The van der Waals surface area contributed by atoms with E-state index in [9.17, 15) is 0 Å². The van der Waals surface area contributed by atoms with Crippen molar-refractivity contribution in [2.75, 3.05) is 39.4 Å². The van der Waals surface area contributed by atoms with Crippen LogP contribution < -0.4 is 10.1 Å². The van der Waals surface area contributed by atoms with E-state index in [1.807, 2.05) is 30.3 Å². The van der Waals surface area contributed by atoms with E-state index in [2.05, 4.69) is 31.0 Å². The number of nitrogens with zero attached hydrogens (tertiary/aromatic N) is 2. The van der Waals surface area contributed by atoms with E-state index >= 15 is 0 Å². The smallest absolute Gasteiger partial charge is 0.194 e. The highest BCUT2D eigenvalue weighted by Gasteiger charge is 2.25. The molecule has 2 unspecified atom stereocenters. The number of likely N-dealkylation sites (tertiary alicyclic amines) is 1. The highest BCUT2D eigenvalue weighted by molar-refractivity contribution is 5.80. The Hall–Kier alpha value is -1.75. The van der Waals surface area contributed by atoms with E-state index in [1.165, 1.54) is 6.42 Å². The van der Waals surface area contributed by atoms with Crippen LogP contribution >= 0.6 is 0 Å². The molecule has 1 fully saturated rings. The van der Waals surface area contributed by atoms with E-state index in [1.54, 1.807) is 0 Å². The summed E-state index contributed by atoms with van der Waals surface area (Å²) in [5.41, 5.74) is 0. The summed E-state index contributed by atoms with van der Waals surface area (Å²) >= 11 is 0. The monoisotopic (exact) mass is 347 g/mol. The number of nitrogens with one attached hydrogen (secondary N) is 1. The molecule has 5 nitrogen and oxygen atoms in total. The maximum absolute atomic E-state index is 6.06. The van der Waals surface area contributed by atoms with Crippen molar-refractivity contribution in [2.24, 2.45) is 10.9 Å². The van der Waals surface area contributed by atoms with Crippen LogP contribution in [0.3, 0.4) is 0 Å². The Kier molecular flexibility index (Phi) is 8.60. The summed E-state index contributed by atoms with van der Waals surface area (Å²) in [5.74, 6) is 2.51. The fourth-order valence-corrected chi connectivity index (χ4v) is 3.00. The Morgan fingerprint density at radius 1 is 1.28 bits per heavy atom. The molecule has 1 N–H and O–H groups in total. The molecule has 1 saturated heterocycles. The topological polar surface area (TPSA) is 46.1 Å². The van der Waals surface area contributed by atoms with Gasteiger partial charge in [0.1, 0.15) is 11.9 Å². The normalized spacial score (nSPS) is 19.1.